The summed E-state index contributed by atoms with van der Waals surface area (Å²) in [7, 11) is 1.63. The molecule has 0 aliphatic carbocycles. The number of carbonyl (C=O) groups is 3. The molecule has 2 aromatic rings. The van der Waals surface area contributed by atoms with Crippen molar-refractivity contribution in [3.05, 3.63) is 58.4 Å². The van der Waals surface area contributed by atoms with Gasteiger partial charge in [0.05, 0.1) is 0 Å². The van der Waals surface area contributed by atoms with Crippen molar-refractivity contribution >= 4 is 17.7 Å². The number of hydrogen-bond acceptors (Lipinski definition) is 3. The van der Waals surface area contributed by atoms with Crippen molar-refractivity contribution < 1.29 is 19.5 Å². The van der Waals surface area contributed by atoms with Crippen LogP contribution in [-0.4, -0.2) is 27.3 Å². The average molecular weight is 328 g/mol. The Hall–Kier alpha value is -2.89. The molecular weight excluding hydrogens is 308 g/mol. The van der Waals surface area contributed by atoms with Gasteiger partial charge in [-0.2, -0.15) is 0 Å². The lowest BCUT2D eigenvalue weighted by Gasteiger charge is -2.16. The van der Waals surface area contributed by atoms with Gasteiger partial charge in [-0.3, -0.25) is 9.59 Å². The van der Waals surface area contributed by atoms with E-state index in [1.54, 1.807) is 25.4 Å². The van der Waals surface area contributed by atoms with Gasteiger partial charge in [-0.1, -0.05) is 29.3 Å². The number of benzene rings is 1. The number of carboxylic acids is 1. The van der Waals surface area contributed by atoms with Crippen LogP contribution in [0.3, 0.4) is 0 Å². The van der Waals surface area contributed by atoms with Gasteiger partial charge in [0.15, 0.2) is 11.8 Å². The molecule has 2 rings (SSSR count). The lowest BCUT2D eigenvalue weighted by atomic mass is 10.0. The van der Waals surface area contributed by atoms with Crippen molar-refractivity contribution in [2.24, 2.45) is 7.05 Å². The number of amides is 1. The number of aryl methyl sites for hydroxylation is 3. The zero-order valence-corrected chi connectivity index (χ0v) is 14.1. The molecule has 0 aliphatic heterocycles. The first kappa shape index (κ1) is 17.5. The van der Waals surface area contributed by atoms with Gasteiger partial charge in [0.25, 0.3) is 5.91 Å². The number of ketones is 1. The number of rotatable bonds is 5. The molecule has 0 fully saturated rings. The van der Waals surface area contributed by atoms with E-state index in [1.807, 2.05) is 19.9 Å². The summed E-state index contributed by atoms with van der Waals surface area (Å²) in [6, 6.07) is 5.70. The quantitative estimate of drug-likeness (QED) is 0.825. The van der Waals surface area contributed by atoms with Gasteiger partial charge < -0.3 is 15.0 Å². The van der Waals surface area contributed by atoms with E-state index in [2.05, 4.69) is 5.32 Å². The third kappa shape index (κ3) is 3.71. The van der Waals surface area contributed by atoms with Crippen LogP contribution in [0.1, 0.15) is 50.5 Å². The molecule has 1 heterocycles. The largest absolute Gasteiger partial charge is 0.479 e. The molecular formula is C18H20N2O4. The van der Waals surface area contributed by atoms with E-state index in [0.717, 1.165) is 11.1 Å². The van der Waals surface area contributed by atoms with Crippen LogP contribution in [0.5, 0.6) is 0 Å². The molecule has 1 amide bonds. The highest BCUT2D eigenvalue weighted by atomic mass is 16.4. The zero-order chi connectivity index (χ0) is 18.0. The molecule has 0 saturated heterocycles. The number of aromatic nitrogens is 1. The Morgan fingerprint density at radius 1 is 1.08 bits per heavy atom. The minimum Gasteiger partial charge on any atom is -0.479 e. The maximum Gasteiger partial charge on any atom is 0.330 e. The van der Waals surface area contributed by atoms with Crippen LogP contribution in [0.15, 0.2) is 30.5 Å². The summed E-state index contributed by atoms with van der Waals surface area (Å²) in [4.78, 5) is 35.5. The molecule has 1 aromatic heterocycles. The second-order valence-electron chi connectivity index (χ2n) is 5.95. The van der Waals surface area contributed by atoms with Gasteiger partial charge in [-0.25, -0.2) is 4.79 Å². The van der Waals surface area contributed by atoms with Crippen molar-refractivity contribution in [3.8, 4) is 0 Å². The molecule has 0 radical (unpaired) electrons. The van der Waals surface area contributed by atoms with Crippen molar-refractivity contribution in [2.75, 3.05) is 0 Å². The van der Waals surface area contributed by atoms with Crippen LogP contribution in [0.2, 0.25) is 0 Å². The Morgan fingerprint density at radius 3 is 2.12 bits per heavy atom. The van der Waals surface area contributed by atoms with Crippen LogP contribution in [0.25, 0.3) is 0 Å². The van der Waals surface area contributed by atoms with E-state index in [-0.39, 0.29) is 11.5 Å². The molecule has 0 spiro atoms. The highest BCUT2D eigenvalue weighted by Crippen LogP contribution is 2.19. The minimum atomic E-state index is -1.16. The lowest BCUT2D eigenvalue weighted by Crippen LogP contribution is -2.34. The molecule has 2 N–H and O–H groups in total. The number of Topliss-reactive ketones (excluding diaryl/α,β-unsaturated/α-hetero) is 1. The van der Waals surface area contributed by atoms with Crippen molar-refractivity contribution in [1.29, 1.82) is 0 Å². The maximum atomic E-state index is 12.5. The summed E-state index contributed by atoms with van der Waals surface area (Å²) in [5.74, 6) is -1.85. The van der Waals surface area contributed by atoms with Gasteiger partial charge in [0.2, 0.25) is 0 Å². The van der Waals surface area contributed by atoms with Gasteiger partial charge in [0, 0.05) is 18.8 Å². The third-order valence-electron chi connectivity index (χ3n) is 3.74. The molecule has 0 saturated carbocycles. The number of carboxylic acid groups (broad SMARTS) is 1. The number of nitrogens with zero attached hydrogens (tertiary/aromatic N) is 1. The number of carbonyl (C=O) groups excluding carboxylic acids is 2. The van der Waals surface area contributed by atoms with Crippen molar-refractivity contribution in [1.82, 2.24) is 9.88 Å². The number of aliphatic carboxylic acids is 1. The molecule has 1 unspecified atom stereocenters. The lowest BCUT2D eigenvalue weighted by molar-refractivity contribution is -0.139. The Balaban J connectivity index is 2.32. The topological polar surface area (TPSA) is 88.4 Å². The Bertz CT molecular complexity index is 800. The predicted octanol–water partition coefficient (Wildman–Crippen LogP) is 2.40. The SMILES string of the molecule is CC(=O)c1cc(C(=O)NC(C(=O)O)c2cc(C)cc(C)c2)n(C)c1. The van der Waals surface area contributed by atoms with Crippen LogP contribution < -0.4 is 5.32 Å². The summed E-state index contributed by atoms with van der Waals surface area (Å²) >= 11 is 0. The van der Waals surface area contributed by atoms with Crippen LogP contribution in [0, 0.1) is 13.8 Å². The normalized spacial score (nSPS) is 11.8. The zero-order valence-electron chi connectivity index (χ0n) is 14.1. The van der Waals surface area contributed by atoms with Crippen LogP contribution >= 0.6 is 0 Å². The van der Waals surface area contributed by atoms with E-state index in [0.29, 0.717) is 11.1 Å². The molecule has 6 nitrogen and oxygen atoms in total. The van der Waals surface area contributed by atoms with Crippen LogP contribution in [0.4, 0.5) is 0 Å². The minimum absolute atomic E-state index is 0.159. The van der Waals surface area contributed by atoms with Gasteiger partial charge in [0.1, 0.15) is 5.69 Å². The predicted molar refractivity (Wildman–Crippen MR) is 89.2 cm³/mol. The Labute approximate surface area is 140 Å². The smallest absolute Gasteiger partial charge is 0.330 e. The van der Waals surface area contributed by atoms with E-state index in [1.165, 1.54) is 17.6 Å². The van der Waals surface area contributed by atoms with E-state index in [9.17, 15) is 19.5 Å². The summed E-state index contributed by atoms with van der Waals surface area (Å²) < 4.78 is 1.51. The fourth-order valence-electron chi connectivity index (χ4n) is 2.65. The van der Waals surface area contributed by atoms with E-state index >= 15 is 0 Å². The van der Waals surface area contributed by atoms with Gasteiger partial charge >= 0.3 is 5.97 Å². The van der Waals surface area contributed by atoms with E-state index in [4.69, 9.17) is 0 Å². The molecule has 1 aromatic carbocycles. The second-order valence-corrected chi connectivity index (χ2v) is 5.95. The number of hydrogen-bond donors (Lipinski definition) is 2. The second kappa shape index (κ2) is 6.70. The highest BCUT2D eigenvalue weighted by Gasteiger charge is 2.24. The third-order valence-corrected chi connectivity index (χ3v) is 3.74. The first-order valence-corrected chi connectivity index (χ1v) is 7.48. The fourth-order valence-corrected chi connectivity index (χ4v) is 2.65. The maximum absolute atomic E-state index is 12.5. The standard InChI is InChI=1S/C18H20N2O4/c1-10-5-11(2)7-13(6-10)16(18(23)24)19-17(22)15-8-14(12(3)21)9-20(15)4/h5-9,16H,1-4H3,(H,19,22)(H,23,24). The van der Waals surface area contributed by atoms with E-state index < -0.39 is 17.9 Å². The Kier molecular flexibility index (Phi) is 4.87. The Morgan fingerprint density at radius 2 is 1.67 bits per heavy atom. The van der Waals surface area contributed by atoms with Gasteiger partial charge in [-0.05, 0) is 32.4 Å². The monoisotopic (exact) mass is 328 g/mol. The summed E-state index contributed by atoms with van der Waals surface area (Å²) in [6.45, 7) is 5.15. The first-order chi connectivity index (χ1) is 11.2. The van der Waals surface area contributed by atoms with Crippen molar-refractivity contribution in [2.45, 2.75) is 26.8 Å². The molecule has 24 heavy (non-hydrogen) atoms. The highest BCUT2D eigenvalue weighted by molar-refractivity contribution is 6.00. The summed E-state index contributed by atoms with van der Waals surface area (Å²) in [5.41, 5.74) is 2.98. The molecule has 0 bridgehead atoms. The summed E-state index contributed by atoms with van der Waals surface area (Å²) in [6.07, 6.45) is 1.55. The first-order valence-electron chi connectivity index (χ1n) is 7.48. The molecule has 0 aliphatic rings. The van der Waals surface area contributed by atoms with Crippen LogP contribution in [-0.2, 0) is 11.8 Å². The fraction of sp³-hybridized carbons (Fsp3) is 0.278. The van der Waals surface area contributed by atoms with Crippen molar-refractivity contribution in [3.63, 3.8) is 0 Å². The van der Waals surface area contributed by atoms with Gasteiger partial charge in [-0.15, -0.1) is 0 Å². The molecule has 1 atom stereocenters. The number of nitrogens with one attached hydrogen (secondary N) is 1. The summed E-state index contributed by atoms with van der Waals surface area (Å²) in [5, 5.41) is 12.0. The molecule has 6 heteroatoms. The average Bonchev–Trinajstić information content (AvgIpc) is 2.85. The molecule has 126 valence electrons.